The van der Waals surface area contributed by atoms with Crippen LogP contribution in [0.2, 0.25) is 0 Å². The molecule has 3 aromatic rings. The SMILES string of the molecule is CN(C)c1ccc(/C=C/c2ccnc3cccc(O)c23)cc1. The third kappa shape index (κ3) is 2.79. The fourth-order valence-electron chi connectivity index (χ4n) is 2.42. The van der Waals surface area contributed by atoms with E-state index in [4.69, 9.17) is 0 Å². The summed E-state index contributed by atoms with van der Waals surface area (Å²) in [6.45, 7) is 0. The molecule has 3 nitrogen and oxygen atoms in total. The van der Waals surface area contributed by atoms with Gasteiger partial charge in [0.05, 0.1) is 5.52 Å². The second-order valence-electron chi connectivity index (χ2n) is 5.39. The number of nitrogens with zero attached hydrogens (tertiary/aromatic N) is 2. The van der Waals surface area contributed by atoms with E-state index >= 15 is 0 Å². The second-order valence-corrected chi connectivity index (χ2v) is 5.39. The molecule has 0 aliphatic heterocycles. The zero-order chi connectivity index (χ0) is 15.5. The van der Waals surface area contributed by atoms with Crippen LogP contribution in [0.15, 0.2) is 54.7 Å². The molecule has 0 spiro atoms. The molecule has 1 aromatic heterocycles. The van der Waals surface area contributed by atoms with Gasteiger partial charge in [0.2, 0.25) is 0 Å². The van der Waals surface area contributed by atoms with E-state index in [1.54, 1.807) is 18.3 Å². The van der Waals surface area contributed by atoms with Gasteiger partial charge in [0.15, 0.2) is 0 Å². The lowest BCUT2D eigenvalue weighted by Gasteiger charge is -2.11. The normalized spacial score (nSPS) is 11.2. The van der Waals surface area contributed by atoms with Gasteiger partial charge in [0, 0.05) is 31.4 Å². The van der Waals surface area contributed by atoms with Gasteiger partial charge in [0.25, 0.3) is 0 Å². The standard InChI is InChI=1S/C19H18N2O/c1-21(2)16-10-7-14(8-11-16)6-9-15-12-13-20-17-4-3-5-18(22)19(15)17/h3-13,22H,1-2H3/b9-6+. The molecule has 0 bridgehead atoms. The monoisotopic (exact) mass is 290 g/mol. The number of rotatable bonds is 3. The quantitative estimate of drug-likeness (QED) is 0.786. The first-order valence-corrected chi connectivity index (χ1v) is 7.17. The maximum Gasteiger partial charge on any atom is 0.125 e. The van der Waals surface area contributed by atoms with Gasteiger partial charge in [-0.2, -0.15) is 0 Å². The van der Waals surface area contributed by atoms with E-state index in [0.717, 1.165) is 22.0 Å². The zero-order valence-electron chi connectivity index (χ0n) is 12.7. The summed E-state index contributed by atoms with van der Waals surface area (Å²) in [5.74, 6) is 0.258. The first kappa shape index (κ1) is 14.1. The molecule has 0 saturated carbocycles. The van der Waals surface area contributed by atoms with Crippen molar-refractivity contribution in [1.29, 1.82) is 0 Å². The van der Waals surface area contributed by atoms with Gasteiger partial charge in [-0.1, -0.05) is 30.4 Å². The number of phenols is 1. The Morgan fingerprint density at radius 3 is 2.45 bits per heavy atom. The number of hydrogen-bond acceptors (Lipinski definition) is 3. The summed E-state index contributed by atoms with van der Waals surface area (Å²) in [5.41, 5.74) is 4.04. The lowest BCUT2D eigenvalue weighted by atomic mass is 10.1. The number of anilines is 1. The number of aromatic hydroxyl groups is 1. The Balaban J connectivity index is 1.96. The molecule has 0 saturated heterocycles. The van der Waals surface area contributed by atoms with Crippen molar-refractivity contribution in [1.82, 2.24) is 4.98 Å². The third-order valence-corrected chi connectivity index (χ3v) is 3.64. The number of benzene rings is 2. The van der Waals surface area contributed by atoms with Crippen LogP contribution in [0.1, 0.15) is 11.1 Å². The molecule has 110 valence electrons. The predicted octanol–water partition coefficient (Wildman–Crippen LogP) is 4.18. The number of hydrogen-bond donors (Lipinski definition) is 1. The minimum atomic E-state index is 0.258. The highest BCUT2D eigenvalue weighted by Crippen LogP contribution is 2.27. The van der Waals surface area contributed by atoms with Gasteiger partial charge in [-0.3, -0.25) is 4.98 Å². The molecule has 1 N–H and O–H groups in total. The van der Waals surface area contributed by atoms with Crippen molar-refractivity contribution in [2.75, 3.05) is 19.0 Å². The minimum Gasteiger partial charge on any atom is -0.507 e. The van der Waals surface area contributed by atoms with E-state index in [1.165, 1.54) is 5.69 Å². The highest BCUT2D eigenvalue weighted by molar-refractivity contribution is 5.94. The molecule has 22 heavy (non-hydrogen) atoms. The summed E-state index contributed by atoms with van der Waals surface area (Å²) >= 11 is 0. The summed E-state index contributed by atoms with van der Waals surface area (Å²) in [5, 5.41) is 10.9. The third-order valence-electron chi connectivity index (χ3n) is 3.64. The van der Waals surface area contributed by atoms with Gasteiger partial charge in [0.1, 0.15) is 5.75 Å². The van der Waals surface area contributed by atoms with Crippen molar-refractivity contribution in [2.24, 2.45) is 0 Å². The molecule has 0 fully saturated rings. The molecule has 3 heteroatoms. The van der Waals surface area contributed by atoms with Crippen molar-refractivity contribution in [3.63, 3.8) is 0 Å². The Kier molecular flexibility index (Phi) is 3.79. The van der Waals surface area contributed by atoms with Crippen LogP contribution in [0.3, 0.4) is 0 Å². The highest BCUT2D eigenvalue weighted by atomic mass is 16.3. The van der Waals surface area contributed by atoms with Crippen LogP contribution in [-0.4, -0.2) is 24.2 Å². The zero-order valence-corrected chi connectivity index (χ0v) is 12.7. The predicted molar refractivity (Wildman–Crippen MR) is 93.1 cm³/mol. The van der Waals surface area contributed by atoms with Crippen LogP contribution in [0.4, 0.5) is 5.69 Å². The molecular formula is C19H18N2O. The fraction of sp³-hybridized carbons (Fsp3) is 0.105. The van der Waals surface area contributed by atoms with Crippen molar-refractivity contribution in [2.45, 2.75) is 0 Å². The molecular weight excluding hydrogens is 272 g/mol. The van der Waals surface area contributed by atoms with E-state index in [9.17, 15) is 5.11 Å². The molecule has 3 rings (SSSR count). The number of aromatic nitrogens is 1. The van der Waals surface area contributed by atoms with Crippen LogP contribution in [0.25, 0.3) is 23.1 Å². The van der Waals surface area contributed by atoms with Crippen molar-refractivity contribution >= 4 is 28.7 Å². The van der Waals surface area contributed by atoms with E-state index in [0.29, 0.717) is 0 Å². The molecule has 2 aromatic carbocycles. The molecule has 0 aliphatic rings. The summed E-state index contributed by atoms with van der Waals surface area (Å²) < 4.78 is 0. The lowest BCUT2D eigenvalue weighted by Crippen LogP contribution is -2.07. The van der Waals surface area contributed by atoms with E-state index in [2.05, 4.69) is 34.1 Å². The van der Waals surface area contributed by atoms with E-state index in [-0.39, 0.29) is 5.75 Å². The van der Waals surface area contributed by atoms with Crippen LogP contribution in [0.5, 0.6) is 5.75 Å². The smallest absolute Gasteiger partial charge is 0.125 e. The Bertz CT molecular complexity index is 815. The number of pyridine rings is 1. The van der Waals surface area contributed by atoms with Gasteiger partial charge in [-0.05, 0) is 41.5 Å². The molecule has 0 aliphatic carbocycles. The summed E-state index contributed by atoms with van der Waals surface area (Å²) in [6.07, 6.45) is 5.81. The molecule has 0 amide bonds. The topological polar surface area (TPSA) is 36.4 Å². The Morgan fingerprint density at radius 1 is 0.955 bits per heavy atom. The Labute approximate surface area is 130 Å². The van der Waals surface area contributed by atoms with Gasteiger partial charge in [-0.25, -0.2) is 0 Å². The maximum absolute atomic E-state index is 10.1. The average Bonchev–Trinajstić information content (AvgIpc) is 2.53. The first-order chi connectivity index (χ1) is 10.6. The summed E-state index contributed by atoms with van der Waals surface area (Å²) in [7, 11) is 4.05. The first-order valence-electron chi connectivity index (χ1n) is 7.17. The van der Waals surface area contributed by atoms with Gasteiger partial charge >= 0.3 is 0 Å². The van der Waals surface area contributed by atoms with Crippen molar-refractivity contribution < 1.29 is 5.11 Å². The van der Waals surface area contributed by atoms with E-state index in [1.807, 2.05) is 38.4 Å². The number of fused-ring (bicyclic) bond motifs is 1. The average molecular weight is 290 g/mol. The fourth-order valence-corrected chi connectivity index (χ4v) is 2.42. The maximum atomic E-state index is 10.1. The lowest BCUT2D eigenvalue weighted by molar-refractivity contribution is 0.481. The largest absolute Gasteiger partial charge is 0.507 e. The van der Waals surface area contributed by atoms with E-state index < -0.39 is 0 Å². The van der Waals surface area contributed by atoms with Gasteiger partial charge < -0.3 is 10.0 Å². The van der Waals surface area contributed by atoms with Crippen molar-refractivity contribution in [3.05, 3.63) is 65.9 Å². The molecule has 0 atom stereocenters. The highest BCUT2D eigenvalue weighted by Gasteiger charge is 2.04. The molecule has 0 unspecified atom stereocenters. The molecule has 0 radical (unpaired) electrons. The van der Waals surface area contributed by atoms with Crippen LogP contribution in [-0.2, 0) is 0 Å². The van der Waals surface area contributed by atoms with Gasteiger partial charge in [-0.15, -0.1) is 0 Å². The molecule has 1 heterocycles. The van der Waals surface area contributed by atoms with Crippen LogP contribution >= 0.6 is 0 Å². The second kappa shape index (κ2) is 5.90. The van der Waals surface area contributed by atoms with Crippen molar-refractivity contribution in [3.8, 4) is 5.75 Å². The summed E-state index contributed by atoms with van der Waals surface area (Å²) in [6, 6.07) is 15.6. The minimum absolute atomic E-state index is 0.258. The van der Waals surface area contributed by atoms with Crippen LogP contribution in [0, 0.1) is 0 Å². The summed E-state index contributed by atoms with van der Waals surface area (Å²) in [4.78, 5) is 6.36. The Morgan fingerprint density at radius 2 is 1.73 bits per heavy atom. The van der Waals surface area contributed by atoms with Crippen LogP contribution < -0.4 is 4.90 Å². The Hall–Kier alpha value is -2.81. The number of phenolic OH excluding ortho intramolecular Hbond substituents is 1.